The van der Waals surface area contributed by atoms with Gasteiger partial charge in [0.1, 0.15) is 5.82 Å². The molecule has 1 aromatic carbocycles. The lowest BCUT2D eigenvalue weighted by atomic mass is 9.74. The van der Waals surface area contributed by atoms with Gasteiger partial charge < -0.3 is 0 Å². The van der Waals surface area contributed by atoms with E-state index in [1.165, 1.54) is 76.2 Å². The van der Waals surface area contributed by atoms with Crippen molar-refractivity contribution in [3.05, 3.63) is 35.6 Å². The fraction of sp³-hybridized carbons (Fsp3) is 0.727. The molecule has 3 rings (SSSR count). The number of halogens is 1. The summed E-state index contributed by atoms with van der Waals surface area (Å²) in [5.74, 6) is 3.49. The Kier molecular flexibility index (Phi) is 6.14. The Hall–Kier alpha value is -0.850. The van der Waals surface area contributed by atoms with Crippen molar-refractivity contribution < 1.29 is 4.39 Å². The molecule has 2 fully saturated rings. The van der Waals surface area contributed by atoms with Crippen molar-refractivity contribution in [1.82, 2.24) is 0 Å². The fourth-order valence-electron chi connectivity index (χ4n) is 4.94. The molecule has 0 spiro atoms. The molecule has 2 saturated carbocycles. The second-order valence-corrected chi connectivity index (χ2v) is 8.15. The average molecular weight is 317 g/mol. The van der Waals surface area contributed by atoms with Gasteiger partial charge in [-0.25, -0.2) is 4.39 Å². The third-order valence-electron chi connectivity index (χ3n) is 6.69. The van der Waals surface area contributed by atoms with Crippen LogP contribution < -0.4 is 0 Å². The van der Waals surface area contributed by atoms with Crippen molar-refractivity contribution >= 4 is 0 Å². The van der Waals surface area contributed by atoms with Gasteiger partial charge in [0.25, 0.3) is 0 Å². The van der Waals surface area contributed by atoms with E-state index in [0.29, 0.717) is 5.92 Å². The summed E-state index contributed by atoms with van der Waals surface area (Å²) in [5, 5.41) is 0. The summed E-state index contributed by atoms with van der Waals surface area (Å²) in [7, 11) is 0. The minimum atomic E-state index is -0.0766. The first kappa shape index (κ1) is 17.0. The van der Waals surface area contributed by atoms with Gasteiger partial charge in [0.2, 0.25) is 0 Å². The molecule has 0 aliphatic heterocycles. The third kappa shape index (κ3) is 4.81. The van der Waals surface area contributed by atoms with Gasteiger partial charge in [0, 0.05) is 0 Å². The summed E-state index contributed by atoms with van der Waals surface area (Å²) >= 11 is 0. The van der Waals surface area contributed by atoms with Crippen molar-refractivity contribution in [2.75, 3.05) is 0 Å². The van der Waals surface area contributed by atoms with Crippen LogP contribution in [0.4, 0.5) is 4.39 Å². The van der Waals surface area contributed by atoms with E-state index >= 15 is 0 Å². The van der Waals surface area contributed by atoms with Crippen LogP contribution >= 0.6 is 0 Å². The van der Waals surface area contributed by atoms with E-state index in [-0.39, 0.29) is 5.82 Å². The van der Waals surface area contributed by atoms with Gasteiger partial charge in [0.05, 0.1) is 0 Å². The van der Waals surface area contributed by atoms with E-state index in [0.717, 1.165) is 17.8 Å². The van der Waals surface area contributed by atoms with Crippen molar-refractivity contribution in [2.24, 2.45) is 17.8 Å². The fourth-order valence-corrected chi connectivity index (χ4v) is 4.94. The Bertz CT molecular complexity index is 465. The molecule has 0 nitrogen and oxygen atoms in total. The highest BCUT2D eigenvalue weighted by molar-refractivity contribution is 5.21. The Labute approximate surface area is 141 Å². The van der Waals surface area contributed by atoms with E-state index in [2.05, 4.69) is 13.0 Å². The van der Waals surface area contributed by atoms with Crippen LogP contribution in [0.15, 0.2) is 24.3 Å². The summed E-state index contributed by atoms with van der Waals surface area (Å²) in [6.07, 6.45) is 15.4. The van der Waals surface area contributed by atoms with Gasteiger partial charge >= 0.3 is 0 Å². The van der Waals surface area contributed by atoms with E-state index in [1.54, 1.807) is 12.1 Å². The molecule has 128 valence electrons. The number of benzene rings is 1. The highest BCUT2D eigenvalue weighted by atomic mass is 19.1. The maximum absolute atomic E-state index is 13.4. The largest absolute Gasteiger partial charge is 0.207 e. The van der Waals surface area contributed by atoms with Crippen LogP contribution in [0.2, 0.25) is 0 Å². The first-order chi connectivity index (χ1) is 11.2. The zero-order chi connectivity index (χ0) is 16.1. The van der Waals surface area contributed by atoms with Crippen LogP contribution in [0.3, 0.4) is 0 Å². The SMILES string of the molecule is CCC1CCC(CCC2CCC(c3cccc(F)c3)CC2)CC1. The Balaban J connectivity index is 1.38. The second-order valence-electron chi connectivity index (χ2n) is 8.15. The van der Waals surface area contributed by atoms with Gasteiger partial charge in [-0.1, -0.05) is 64.0 Å². The van der Waals surface area contributed by atoms with Crippen molar-refractivity contribution in [2.45, 2.75) is 83.5 Å². The number of rotatable bonds is 5. The van der Waals surface area contributed by atoms with Crippen LogP contribution in [0.5, 0.6) is 0 Å². The molecule has 0 unspecified atom stereocenters. The Morgan fingerprint density at radius 2 is 1.39 bits per heavy atom. The first-order valence-electron chi connectivity index (χ1n) is 10.00. The van der Waals surface area contributed by atoms with Crippen LogP contribution in [0, 0.1) is 23.6 Å². The average Bonchev–Trinajstić information content (AvgIpc) is 2.61. The molecule has 0 radical (unpaired) electrons. The van der Waals surface area contributed by atoms with Crippen molar-refractivity contribution in [1.29, 1.82) is 0 Å². The molecule has 1 heteroatoms. The Morgan fingerprint density at radius 3 is 1.96 bits per heavy atom. The van der Waals surface area contributed by atoms with Gasteiger partial charge in [-0.05, 0) is 67.1 Å². The Morgan fingerprint density at radius 1 is 0.826 bits per heavy atom. The minimum absolute atomic E-state index is 0.0766. The normalized spacial score (nSPS) is 31.9. The predicted molar refractivity (Wildman–Crippen MR) is 96.1 cm³/mol. The van der Waals surface area contributed by atoms with Crippen LogP contribution in [0.25, 0.3) is 0 Å². The molecule has 2 aliphatic rings. The second kappa shape index (κ2) is 8.31. The molecule has 23 heavy (non-hydrogen) atoms. The monoisotopic (exact) mass is 316 g/mol. The third-order valence-corrected chi connectivity index (χ3v) is 6.69. The van der Waals surface area contributed by atoms with E-state index in [4.69, 9.17) is 0 Å². The molecule has 0 bridgehead atoms. The zero-order valence-electron chi connectivity index (χ0n) is 14.8. The molecule has 0 saturated heterocycles. The highest BCUT2D eigenvalue weighted by Crippen LogP contribution is 2.40. The molecule has 1 aromatic rings. The molecule has 0 heterocycles. The quantitative estimate of drug-likeness (QED) is 0.543. The lowest BCUT2D eigenvalue weighted by Gasteiger charge is -2.32. The van der Waals surface area contributed by atoms with Crippen molar-refractivity contribution in [3.63, 3.8) is 0 Å². The van der Waals surface area contributed by atoms with Gasteiger partial charge in [-0.2, -0.15) is 0 Å². The standard InChI is InChI=1S/C22H33F/c1-2-17-6-8-18(9-7-17)10-11-19-12-14-20(15-13-19)21-4-3-5-22(23)16-21/h3-5,16-20H,2,6-15H2,1H3. The number of hydrogen-bond acceptors (Lipinski definition) is 0. The minimum Gasteiger partial charge on any atom is -0.207 e. The molecular weight excluding hydrogens is 283 g/mol. The van der Waals surface area contributed by atoms with Gasteiger partial charge in [-0.3, -0.25) is 0 Å². The van der Waals surface area contributed by atoms with Crippen LogP contribution in [0.1, 0.15) is 89.0 Å². The molecule has 0 atom stereocenters. The van der Waals surface area contributed by atoms with E-state index in [9.17, 15) is 4.39 Å². The summed E-state index contributed by atoms with van der Waals surface area (Å²) in [6.45, 7) is 2.35. The lowest BCUT2D eigenvalue weighted by Crippen LogP contribution is -2.17. The van der Waals surface area contributed by atoms with Gasteiger partial charge in [0.15, 0.2) is 0 Å². The topological polar surface area (TPSA) is 0 Å². The number of hydrogen-bond donors (Lipinski definition) is 0. The zero-order valence-corrected chi connectivity index (χ0v) is 14.8. The molecular formula is C22H33F. The summed E-state index contributed by atoms with van der Waals surface area (Å²) in [5.41, 5.74) is 1.22. The van der Waals surface area contributed by atoms with Crippen molar-refractivity contribution in [3.8, 4) is 0 Å². The van der Waals surface area contributed by atoms with E-state index in [1.807, 2.05) is 6.07 Å². The summed E-state index contributed by atoms with van der Waals surface area (Å²) in [6, 6.07) is 7.28. The van der Waals surface area contributed by atoms with E-state index < -0.39 is 0 Å². The summed E-state index contributed by atoms with van der Waals surface area (Å²) in [4.78, 5) is 0. The predicted octanol–water partition coefficient (Wildman–Crippen LogP) is 7.10. The summed E-state index contributed by atoms with van der Waals surface area (Å²) < 4.78 is 13.4. The van der Waals surface area contributed by atoms with Crippen LogP contribution in [-0.4, -0.2) is 0 Å². The maximum Gasteiger partial charge on any atom is 0.123 e. The molecule has 2 aliphatic carbocycles. The maximum atomic E-state index is 13.4. The molecule has 0 N–H and O–H groups in total. The van der Waals surface area contributed by atoms with Gasteiger partial charge in [-0.15, -0.1) is 0 Å². The highest BCUT2D eigenvalue weighted by Gasteiger charge is 2.25. The van der Waals surface area contributed by atoms with Crippen LogP contribution in [-0.2, 0) is 0 Å². The smallest absolute Gasteiger partial charge is 0.123 e. The lowest BCUT2D eigenvalue weighted by molar-refractivity contribution is 0.227. The first-order valence-corrected chi connectivity index (χ1v) is 10.00. The molecule has 0 aromatic heterocycles. The molecule has 0 amide bonds.